The summed E-state index contributed by atoms with van der Waals surface area (Å²) in [7, 11) is 0. The van der Waals surface area contributed by atoms with Gasteiger partial charge in [-0.15, -0.1) is 0 Å². The van der Waals surface area contributed by atoms with Gasteiger partial charge in [-0.25, -0.2) is 8.91 Å². The predicted molar refractivity (Wildman–Crippen MR) is 169 cm³/mol. The Morgan fingerprint density at radius 2 is 1.91 bits per heavy atom. The van der Waals surface area contributed by atoms with Crippen LogP contribution in [0, 0.1) is 18.3 Å². The third kappa shape index (κ3) is 5.37. The topological polar surface area (TPSA) is 112 Å². The number of halogens is 1. The van der Waals surface area contributed by atoms with Gasteiger partial charge in [0.05, 0.1) is 34.5 Å². The number of alkyl halides is 1. The number of hydrogen-bond acceptors (Lipinski definition) is 7. The minimum atomic E-state index is -1.65. The Bertz CT molecular complexity index is 1750. The summed E-state index contributed by atoms with van der Waals surface area (Å²) in [6, 6.07) is 9.73. The molecule has 45 heavy (non-hydrogen) atoms. The second-order valence-corrected chi connectivity index (χ2v) is 13.8. The zero-order valence-electron chi connectivity index (χ0n) is 26.1. The van der Waals surface area contributed by atoms with Gasteiger partial charge in [-0.2, -0.15) is 5.10 Å². The van der Waals surface area contributed by atoms with Gasteiger partial charge in [-0.05, 0) is 83.2 Å². The van der Waals surface area contributed by atoms with Crippen molar-refractivity contribution in [3.63, 3.8) is 0 Å². The number of nitrogens with zero attached hydrogens (tertiary/aromatic N) is 5. The number of aliphatic hydroxyl groups is 1. The average Bonchev–Trinajstić information content (AvgIpc) is 3.56. The summed E-state index contributed by atoms with van der Waals surface area (Å²) in [6.07, 6.45) is 7.56. The number of carbonyl (C=O) groups is 2. The van der Waals surface area contributed by atoms with Gasteiger partial charge in [0.2, 0.25) is 0 Å². The van der Waals surface area contributed by atoms with Crippen LogP contribution in [0.5, 0.6) is 0 Å². The van der Waals surface area contributed by atoms with E-state index in [1.807, 2.05) is 70.3 Å². The van der Waals surface area contributed by atoms with Crippen molar-refractivity contribution in [2.75, 3.05) is 36.4 Å². The second kappa shape index (κ2) is 10.4. The number of likely N-dealkylation sites (tertiary alicyclic amines) is 1. The SMILES string of the molecule is C/C=C(\O/N=C(\C)c1ccc(C)c(NC(=O)c2cnn3ccc(N4CC5(C4)CC(C)(O)C5)cc23)c1)C1CN(C(=O)C2(F)CC2)C1. The third-order valence-electron chi connectivity index (χ3n) is 9.80. The van der Waals surface area contributed by atoms with E-state index in [1.54, 1.807) is 15.6 Å². The van der Waals surface area contributed by atoms with Crippen LogP contribution >= 0.6 is 0 Å². The Morgan fingerprint density at radius 1 is 1.18 bits per heavy atom. The van der Waals surface area contributed by atoms with E-state index < -0.39 is 17.2 Å². The van der Waals surface area contributed by atoms with Crippen molar-refractivity contribution in [1.29, 1.82) is 0 Å². The number of benzene rings is 1. The van der Waals surface area contributed by atoms with Crippen LogP contribution in [-0.4, -0.2) is 74.6 Å². The minimum Gasteiger partial charge on any atom is -0.390 e. The van der Waals surface area contributed by atoms with Crippen LogP contribution < -0.4 is 10.2 Å². The molecule has 2 aliphatic carbocycles. The molecule has 3 aromatic rings. The Morgan fingerprint density at radius 3 is 2.58 bits per heavy atom. The molecule has 2 aliphatic heterocycles. The van der Waals surface area contributed by atoms with Crippen molar-refractivity contribution < 1.29 is 23.9 Å². The summed E-state index contributed by atoms with van der Waals surface area (Å²) in [5.41, 5.74) is 3.20. The van der Waals surface area contributed by atoms with Crippen molar-refractivity contribution >= 4 is 34.4 Å². The Hall–Kier alpha value is -4.25. The van der Waals surface area contributed by atoms with Gasteiger partial charge < -0.3 is 25.1 Å². The Kier molecular flexibility index (Phi) is 6.81. The van der Waals surface area contributed by atoms with Gasteiger partial charge >= 0.3 is 0 Å². The number of oxime groups is 1. The van der Waals surface area contributed by atoms with Gasteiger partial charge in [0.1, 0.15) is 5.76 Å². The lowest BCUT2D eigenvalue weighted by atomic mass is 9.56. The van der Waals surface area contributed by atoms with E-state index in [1.165, 1.54) is 0 Å². The number of amides is 2. The summed E-state index contributed by atoms with van der Waals surface area (Å²) >= 11 is 0. The first kappa shape index (κ1) is 29.5. The normalized spacial score (nSPS) is 21.6. The van der Waals surface area contributed by atoms with E-state index in [0.717, 1.165) is 48.3 Å². The monoisotopic (exact) mass is 614 g/mol. The Balaban J connectivity index is 1.00. The fourth-order valence-electron chi connectivity index (χ4n) is 7.21. The van der Waals surface area contributed by atoms with E-state index in [-0.39, 0.29) is 17.2 Å². The molecule has 0 unspecified atom stereocenters. The molecule has 1 aromatic carbocycles. The number of aryl methyl sites for hydroxylation is 1. The van der Waals surface area contributed by atoms with Gasteiger partial charge in [-0.1, -0.05) is 17.3 Å². The highest BCUT2D eigenvalue weighted by Gasteiger charge is 2.57. The number of rotatable bonds is 8. The molecule has 0 radical (unpaired) electrons. The number of aromatic nitrogens is 2. The maximum Gasteiger partial charge on any atom is 0.260 e. The molecule has 0 atom stereocenters. The molecule has 2 aromatic heterocycles. The highest BCUT2D eigenvalue weighted by Crippen LogP contribution is 2.54. The zero-order valence-corrected chi connectivity index (χ0v) is 26.1. The number of hydrogen-bond donors (Lipinski definition) is 2. The fourth-order valence-corrected chi connectivity index (χ4v) is 7.21. The van der Waals surface area contributed by atoms with Crippen molar-refractivity contribution in [2.45, 2.75) is 64.6 Å². The van der Waals surface area contributed by atoms with Crippen LogP contribution in [0.15, 0.2) is 59.7 Å². The molecule has 2 saturated carbocycles. The van der Waals surface area contributed by atoms with Crippen molar-refractivity contribution in [1.82, 2.24) is 14.5 Å². The van der Waals surface area contributed by atoms with Crippen molar-refractivity contribution in [3.8, 4) is 0 Å². The number of fused-ring (bicyclic) bond motifs is 1. The van der Waals surface area contributed by atoms with Gasteiger partial charge in [-0.3, -0.25) is 9.59 Å². The van der Waals surface area contributed by atoms with Crippen LogP contribution in [0.3, 0.4) is 0 Å². The molecule has 4 fully saturated rings. The first-order valence-corrected chi connectivity index (χ1v) is 15.6. The molecule has 7 rings (SSSR count). The summed E-state index contributed by atoms with van der Waals surface area (Å²) in [6.45, 7) is 10.2. The third-order valence-corrected chi connectivity index (χ3v) is 9.80. The quantitative estimate of drug-likeness (QED) is 0.213. The fraction of sp³-hybridized carbons (Fsp3) is 0.471. The van der Waals surface area contributed by atoms with E-state index in [4.69, 9.17) is 4.84 Å². The highest BCUT2D eigenvalue weighted by atomic mass is 19.1. The summed E-state index contributed by atoms with van der Waals surface area (Å²) < 4.78 is 15.8. The molecular weight excluding hydrogens is 575 g/mol. The minimum absolute atomic E-state index is 0.0196. The smallest absolute Gasteiger partial charge is 0.260 e. The number of pyridine rings is 1. The lowest BCUT2D eigenvalue weighted by Crippen LogP contribution is -2.67. The summed E-state index contributed by atoms with van der Waals surface area (Å²) in [4.78, 5) is 35.3. The molecule has 2 N–H and O–H groups in total. The van der Waals surface area contributed by atoms with Crippen LogP contribution in [-0.2, 0) is 9.63 Å². The molecule has 11 heteroatoms. The number of carbonyl (C=O) groups excluding carboxylic acids is 2. The van der Waals surface area contributed by atoms with Crippen LogP contribution in [0.2, 0.25) is 0 Å². The molecule has 236 valence electrons. The molecule has 0 bridgehead atoms. The average molecular weight is 615 g/mol. The molecule has 10 nitrogen and oxygen atoms in total. The summed E-state index contributed by atoms with van der Waals surface area (Å²) in [5, 5.41) is 22.0. The molecule has 4 heterocycles. The molecule has 4 aliphatic rings. The maximum absolute atomic E-state index is 14.1. The van der Waals surface area contributed by atoms with E-state index in [0.29, 0.717) is 48.7 Å². The zero-order chi connectivity index (χ0) is 31.7. The maximum atomic E-state index is 14.1. The van der Waals surface area contributed by atoms with Gasteiger partial charge in [0.25, 0.3) is 11.8 Å². The second-order valence-electron chi connectivity index (χ2n) is 13.8. The standard InChI is InChI=1S/C34H39FN6O4/c1-5-29(24-15-39(16-24)31(43)34(35)9-10-34)45-38-22(3)23-7-6-21(2)27(12-23)37-30(42)26-14-36-41-11-8-25(13-28(26)41)40-19-33(20-40)17-32(4,44)18-33/h5-8,11-14,24,44H,9-10,15-20H2,1-4H3,(H,37,42)/b29-5-,38-22+. The largest absolute Gasteiger partial charge is 0.390 e. The number of allylic oxidation sites excluding steroid dienone is 1. The first-order valence-electron chi connectivity index (χ1n) is 15.6. The predicted octanol–water partition coefficient (Wildman–Crippen LogP) is 4.85. The molecular formula is C34H39FN6O4. The van der Waals surface area contributed by atoms with Crippen LogP contribution in [0.25, 0.3) is 5.52 Å². The number of nitrogens with one attached hydrogen (secondary N) is 1. The van der Waals surface area contributed by atoms with E-state index in [9.17, 15) is 19.1 Å². The van der Waals surface area contributed by atoms with Crippen molar-refractivity contribution in [2.24, 2.45) is 16.5 Å². The highest BCUT2D eigenvalue weighted by molar-refractivity contribution is 6.10. The Labute approximate surface area is 261 Å². The first-order chi connectivity index (χ1) is 21.4. The summed E-state index contributed by atoms with van der Waals surface area (Å²) in [5.74, 6) is -0.0522. The van der Waals surface area contributed by atoms with Gasteiger partial charge in [0, 0.05) is 54.7 Å². The molecule has 2 amide bonds. The molecule has 1 spiro atoms. The van der Waals surface area contributed by atoms with E-state index >= 15 is 0 Å². The van der Waals surface area contributed by atoms with Crippen LogP contribution in [0.1, 0.15) is 67.9 Å². The lowest BCUT2D eigenvalue weighted by Gasteiger charge is -2.62. The van der Waals surface area contributed by atoms with Crippen LogP contribution in [0.4, 0.5) is 15.8 Å². The van der Waals surface area contributed by atoms with Gasteiger partial charge in [0.15, 0.2) is 5.67 Å². The van der Waals surface area contributed by atoms with E-state index in [2.05, 4.69) is 20.5 Å². The number of anilines is 2. The lowest BCUT2D eigenvalue weighted by molar-refractivity contribution is -0.144. The molecule has 2 saturated heterocycles. The van der Waals surface area contributed by atoms with Crippen molar-refractivity contribution in [3.05, 3.63) is 71.3 Å².